The van der Waals surface area contributed by atoms with Crippen molar-refractivity contribution in [3.05, 3.63) is 77.3 Å². The summed E-state index contributed by atoms with van der Waals surface area (Å²) in [4.78, 5) is 13.0. The molecule has 0 atom stereocenters. The maximum absolute atomic E-state index is 12.9. The maximum Gasteiger partial charge on any atom is 0.255 e. The highest BCUT2D eigenvalue weighted by molar-refractivity contribution is 7.89. The van der Waals surface area contributed by atoms with E-state index in [1.165, 1.54) is 7.11 Å². The summed E-state index contributed by atoms with van der Waals surface area (Å²) in [5.41, 5.74) is 2.68. The quantitative estimate of drug-likeness (QED) is 0.505. The highest BCUT2D eigenvalue weighted by Crippen LogP contribution is 2.28. The lowest BCUT2D eigenvalue weighted by Crippen LogP contribution is -2.35. The summed E-state index contributed by atoms with van der Waals surface area (Å²) in [5.74, 6) is 0.254. The second-order valence-corrected chi connectivity index (χ2v) is 10.2. The first-order chi connectivity index (χ1) is 15.9. The minimum atomic E-state index is -3.48. The van der Waals surface area contributed by atoms with Crippen molar-refractivity contribution in [3.63, 3.8) is 0 Å². The first-order valence-electron chi connectivity index (χ1n) is 10.7. The summed E-state index contributed by atoms with van der Waals surface area (Å²) in [6.45, 7) is 1.14. The Morgan fingerprint density at radius 3 is 2.33 bits per heavy atom. The molecule has 0 saturated carbocycles. The molecule has 0 aliphatic carbocycles. The number of hydrogen-bond donors (Lipinski definition) is 1. The standard InChI is InChI=1S/C25H25ClN2O4S/c1-32-24-13-10-21(17-23(24)26)27-25(29)20-7-5-6-19(16-20)18-8-11-22(12-9-18)33(30,31)28-14-3-2-4-15-28/h5-13,16-17H,2-4,14-15H2,1H3,(H,27,29). The number of halogens is 1. The van der Waals surface area contributed by atoms with E-state index >= 15 is 0 Å². The number of amides is 1. The van der Waals surface area contributed by atoms with Crippen LogP contribution in [0.15, 0.2) is 71.6 Å². The van der Waals surface area contributed by atoms with E-state index in [1.54, 1.807) is 65.0 Å². The fraction of sp³-hybridized carbons (Fsp3) is 0.240. The minimum Gasteiger partial charge on any atom is -0.495 e. The van der Waals surface area contributed by atoms with Crippen molar-refractivity contribution in [1.29, 1.82) is 0 Å². The molecule has 0 unspecified atom stereocenters. The van der Waals surface area contributed by atoms with Crippen molar-refractivity contribution in [2.75, 3.05) is 25.5 Å². The second-order valence-electron chi connectivity index (χ2n) is 7.87. The third-order valence-corrected chi connectivity index (χ3v) is 7.88. The van der Waals surface area contributed by atoms with Crippen LogP contribution in [0.1, 0.15) is 29.6 Å². The van der Waals surface area contributed by atoms with E-state index < -0.39 is 10.0 Å². The molecule has 1 amide bonds. The molecule has 33 heavy (non-hydrogen) atoms. The van der Waals surface area contributed by atoms with E-state index in [2.05, 4.69) is 5.32 Å². The number of benzene rings is 3. The van der Waals surface area contributed by atoms with Crippen LogP contribution in [-0.2, 0) is 10.0 Å². The number of anilines is 1. The van der Waals surface area contributed by atoms with E-state index in [0.717, 1.165) is 30.4 Å². The summed E-state index contributed by atoms with van der Waals surface area (Å²) >= 11 is 6.14. The lowest BCUT2D eigenvalue weighted by molar-refractivity contribution is 0.102. The Hall–Kier alpha value is -2.87. The van der Waals surface area contributed by atoms with Gasteiger partial charge in [0, 0.05) is 24.3 Å². The third-order valence-electron chi connectivity index (χ3n) is 5.67. The van der Waals surface area contributed by atoms with Crippen LogP contribution in [0.5, 0.6) is 5.75 Å². The molecule has 4 rings (SSSR count). The van der Waals surface area contributed by atoms with Gasteiger partial charge in [0.15, 0.2) is 0 Å². The van der Waals surface area contributed by atoms with Crippen molar-refractivity contribution in [3.8, 4) is 16.9 Å². The van der Waals surface area contributed by atoms with Gasteiger partial charge in [0.25, 0.3) is 5.91 Å². The fourth-order valence-electron chi connectivity index (χ4n) is 3.86. The molecule has 0 spiro atoms. The highest BCUT2D eigenvalue weighted by atomic mass is 35.5. The average molecular weight is 485 g/mol. The number of nitrogens with zero attached hydrogens (tertiary/aromatic N) is 1. The van der Waals surface area contributed by atoms with Crippen LogP contribution in [0.4, 0.5) is 5.69 Å². The average Bonchev–Trinajstić information content (AvgIpc) is 2.85. The zero-order chi connectivity index (χ0) is 23.4. The number of sulfonamides is 1. The molecule has 8 heteroatoms. The molecule has 1 heterocycles. The van der Waals surface area contributed by atoms with Crippen LogP contribution in [0.25, 0.3) is 11.1 Å². The normalized spacial score (nSPS) is 14.6. The van der Waals surface area contributed by atoms with Crippen molar-refractivity contribution in [2.45, 2.75) is 24.2 Å². The Bertz CT molecular complexity index is 1250. The summed E-state index contributed by atoms with van der Waals surface area (Å²) in [7, 11) is -1.95. The number of carbonyl (C=O) groups excluding carboxylic acids is 1. The second kappa shape index (κ2) is 9.95. The molecule has 1 N–H and O–H groups in total. The molecule has 0 bridgehead atoms. The molecule has 0 aromatic heterocycles. The van der Waals surface area contributed by atoms with Crippen LogP contribution in [-0.4, -0.2) is 38.8 Å². The molecule has 1 aliphatic rings. The molecular weight excluding hydrogens is 460 g/mol. The molecule has 0 radical (unpaired) electrons. The van der Waals surface area contributed by atoms with Crippen molar-refractivity contribution >= 4 is 33.2 Å². The molecule has 1 fully saturated rings. The SMILES string of the molecule is COc1ccc(NC(=O)c2cccc(-c3ccc(S(=O)(=O)N4CCCCC4)cc3)c2)cc1Cl. The first kappa shape index (κ1) is 23.3. The Morgan fingerprint density at radius 2 is 1.67 bits per heavy atom. The molecule has 172 valence electrons. The lowest BCUT2D eigenvalue weighted by atomic mass is 10.0. The molecule has 3 aromatic rings. The van der Waals surface area contributed by atoms with Gasteiger partial charge in [-0.2, -0.15) is 4.31 Å². The Balaban J connectivity index is 1.51. The summed E-state index contributed by atoms with van der Waals surface area (Å²) in [5, 5.41) is 3.24. The predicted molar refractivity (Wildman–Crippen MR) is 130 cm³/mol. The number of piperidine rings is 1. The summed E-state index contributed by atoms with van der Waals surface area (Å²) in [6.07, 6.45) is 2.87. The van der Waals surface area contributed by atoms with Crippen LogP contribution < -0.4 is 10.1 Å². The Kier molecular flexibility index (Phi) is 7.02. The zero-order valence-electron chi connectivity index (χ0n) is 18.3. The van der Waals surface area contributed by atoms with Gasteiger partial charge < -0.3 is 10.1 Å². The lowest BCUT2D eigenvalue weighted by Gasteiger charge is -2.25. The number of methoxy groups -OCH3 is 1. The topological polar surface area (TPSA) is 75.7 Å². The third kappa shape index (κ3) is 5.21. The molecule has 1 saturated heterocycles. The zero-order valence-corrected chi connectivity index (χ0v) is 19.8. The van der Waals surface area contributed by atoms with Gasteiger partial charge in [0.2, 0.25) is 10.0 Å². The number of nitrogens with one attached hydrogen (secondary N) is 1. The van der Waals surface area contributed by atoms with Gasteiger partial charge in [-0.05, 0) is 66.4 Å². The summed E-state index contributed by atoms with van der Waals surface area (Å²) in [6, 6.07) is 19.0. The first-order valence-corrected chi connectivity index (χ1v) is 12.6. The van der Waals surface area contributed by atoms with E-state index in [1.807, 2.05) is 6.07 Å². The van der Waals surface area contributed by atoms with E-state index in [4.69, 9.17) is 16.3 Å². The van der Waals surface area contributed by atoms with Crippen molar-refractivity contribution < 1.29 is 17.9 Å². The van der Waals surface area contributed by atoms with E-state index in [9.17, 15) is 13.2 Å². The van der Waals surface area contributed by atoms with Gasteiger partial charge in [-0.25, -0.2) is 8.42 Å². The van der Waals surface area contributed by atoms with Crippen molar-refractivity contribution in [1.82, 2.24) is 4.31 Å². The van der Waals surface area contributed by atoms with Gasteiger partial charge >= 0.3 is 0 Å². The van der Waals surface area contributed by atoms with Gasteiger partial charge in [-0.1, -0.05) is 42.3 Å². The Labute approximate surface area is 199 Å². The molecule has 3 aromatic carbocycles. The largest absolute Gasteiger partial charge is 0.495 e. The van der Waals surface area contributed by atoms with Crippen LogP contribution >= 0.6 is 11.6 Å². The monoisotopic (exact) mass is 484 g/mol. The van der Waals surface area contributed by atoms with Crippen LogP contribution in [0.2, 0.25) is 5.02 Å². The number of carbonyl (C=O) groups is 1. The summed E-state index contributed by atoms with van der Waals surface area (Å²) < 4.78 is 32.4. The maximum atomic E-state index is 12.9. The van der Waals surface area contributed by atoms with Gasteiger partial charge in [0.1, 0.15) is 5.75 Å². The molecule has 6 nitrogen and oxygen atoms in total. The molecular formula is C25H25ClN2O4S. The Morgan fingerprint density at radius 1 is 0.939 bits per heavy atom. The number of hydrogen-bond acceptors (Lipinski definition) is 4. The van der Waals surface area contributed by atoms with Gasteiger partial charge in [-0.3, -0.25) is 4.79 Å². The van der Waals surface area contributed by atoms with Gasteiger partial charge in [0.05, 0.1) is 17.0 Å². The van der Waals surface area contributed by atoms with Crippen LogP contribution in [0.3, 0.4) is 0 Å². The number of ether oxygens (including phenoxy) is 1. The van der Waals surface area contributed by atoms with Crippen molar-refractivity contribution in [2.24, 2.45) is 0 Å². The van der Waals surface area contributed by atoms with E-state index in [-0.39, 0.29) is 5.91 Å². The smallest absolute Gasteiger partial charge is 0.255 e. The van der Waals surface area contributed by atoms with Crippen LogP contribution in [0, 0.1) is 0 Å². The highest BCUT2D eigenvalue weighted by Gasteiger charge is 2.25. The molecule has 1 aliphatic heterocycles. The van der Waals surface area contributed by atoms with Gasteiger partial charge in [-0.15, -0.1) is 0 Å². The van der Waals surface area contributed by atoms with E-state index in [0.29, 0.717) is 40.0 Å². The predicted octanol–water partition coefficient (Wildman–Crippen LogP) is 5.44. The minimum absolute atomic E-state index is 0.276. The fourth-order valence-corrected chi connectivity index (χ4v) is 5.64. The number of rotatable bonds is 6.